The third-order valence-electron chi connectivity index (χ3n) is 3.25. The Morgan fingerprint density at radius 2 is 2.05 bits per heavy atom. The van der Waals surface area contributed by atoms with Crippen LogP contribution in [0.3, 0.4) is 0 Å². The van der Waals surface area contributed by atoms with Gasteiger partial charge in [-0.1, -0.05) is 19.9 Å². The number of benzene rings is 1. The van der Waals surface area contributed by atoms with Crippen molar-refractivity contribution in [1.29, 1.82) is 5.26 Å². The second kappa shape index (κ2) is 4.89. The predicted octanol–water partition coefficient (Wildman–Crippen LogP) is 3.55. The van der Waals surface area contributed by atoms with E-state index >= 15 is 0 Å². The number of nitriles is 1. The molecule has 1 aliphatic rings. The van der Waals surface area contributed by atoms with Crippen LogP contribution in [0, 0.1) is 23.7 Å². The first-order valence-electron chi connectivity index (χ1n) is 6.41. The summed E-state index contributed by atoms with van der Waals surface area (Å²) in [6.45, 7) is 6.12. The lowest BCUT2D eigenvalue weighted by Gasteiger charge is -2.29. The van der Waals surface area contributed by atoms with E-state index in [0.717, 1.165) is 23.4 Å². The summed E-state index contributed by atoms with van der Waals surface area (Å²) in [7, 11) is 0. The van der Waals surface area contributed by atoms with Crippen molar-refractivity contribution in [3.8, 4) is 6.07 Å². The van der Waals surface area contributed by atoms with Gasteiger partial charge in [-0.3, -0.25) is 4.79 Å². The maximum absolute atomic E-state index is 11.7. The molecule has 0 saturated heterocycles. The third-order valence-corrected chi connectivity index (χ3v) is 3.25. The van der Waals surface area contributed by atoms with Crippen LogP contribution in [0.1, 0.15) is 37.8 Å². The zero-order valence-corrected chi connectivity index (χ0v) is 11.6. The highest BCUT2D eigenvalue weighted by Gasteiger charge is 2.27. The molecule has 0 aromatic heterocycles. The van der Waals surface area contributed by atoms with Gasteiger partial charge >= 0.3 is 0 Å². The molecule has 19 heavy (non-hydrogen) atoms. The Labute approximate surface area is 113 Å². The van der Waals surface area contributed by atoms with Gasteiger partial charge in [-0.15, -0.1) is 0 Å². The molecule has 1 aromatic carbocycles. The van der Waals surface area contributed by atoms with Gasteiger partial charge in [0.1, 0.15) is 6.07 Å². The summed E-state index contributed by atoms with van der Waals surface area (Å²) in [6.07, 6.45) is 3.06. The van der Waals surface area contributed by atoms with Gasteiger partial charge in [-0.05, 0) is 36.5 Å². The molecule has 0 bridgehead atoms. The number of hydrogen-bond donors (Lipinski definition) is 1. The summed E-state index contributed by atoms with van der Waals surface area (Å²) >= 11 is 0. The Hall–Kier alpha value is -2.08. The van der Waals surface area contributed by atoms with Crippen LogP contribution in [0.2, 0.25) is 0 Å². The monoisotopic (exact) mass is 254 g/mol. The van der Waals surface area contributed by atoms with Crippen molar-refractivity contribution in [2.24, 2.45) is 5.41 Å². The number of carbonyl (C=O) groups excluding carboxylic acids is 1. The molecule has 0 aliphatic heterocycles. The Kier molecular flexibility index (Phi) is 3.44. The number of hydrogen-bond acceptors (Lipinski definition) is 3. The predicted molar refractivity (Wildman–Crippen MR) is 75.6 cm³/mol. The van der Waals surface area contributed by atoms with Crippen LogP contribution in [0.4, 0.5) is 5.69 Å². The molecule has 0 radical (unpaired) electrons. The molecular weight excluding hydrogens is 236 g/mol. The molecule has 98 valence electrons. The minimum atomic E-state index is -0.0222. The zero-order chi connectivity index (χ0) is 14.0. The second-order valence-electron chi connectivity index (χ2n) is 5.94. The highest BCUT2D eigenvalue weighted by molar-refractivity contribution is 5.92. The largest absolute Gasteiger partial charge is 0.358 e. The first-order chi connectivity index (χ1) is 8.89. The van der Waals surface area contributed by atoms with E-state index in [9.17, 15) is 4.79 Å². The molecule has 1 aliphatic carbocycles. The normalized spacial score (nSPS) is 17.6. The fourth-order valence-electron chi connectivity index (χ4n) is 2.46. The summed E-state index contributed by atoms with van der Waals surface area (Å²) in [4.78, 5) is 11.7. The van der Waals surface area contributed by atoms with Crippen molar-refractivity contribution in [2.75, 3.05) is 5.32 Å². The summed E-state index contributed by atoms with van der Waals surface area (Å²) in [5.41, 5.74) is 3.30. The standard InChI is InChI=1S/C16H18N2O/c1-11-4-5-15(12(6-11)10-17)18-13-7-14(19)9-16(2,3)8-13/h4-7,18H,8-9H2,1-3H3. The molecule has 0 unspecified atom stereocenters. The van der Waals surface area contributed by atoms with E-state index in [0.29, 0.717) is 12.0 Å². The highest BCUT2D eigenvalue weighted by Crippen LogP contribution is 2.34. The highest BCUT2D eigenvalue weighted by atomic mass is 16.1. The van der Waals surface area contributed by atoms with Crippen molar-refractivity contribution < 1.29 is 4.79 Å². The van der Waals surface area contributed by atoms with Crippen molar-refractivity contribution in [2.45, 2.75) is 33.6 Å². The summed E-state index contributed by atoms with van der Waals surface area (Å²) in [6, 6.07) is 7.88. The van der Waals surface area contributed by atoms with Gasteiger partial charge < -0.3 is 5.32 Å². The lowest BCUT2D eigenvalue weighted by atomic mass is 9.79. The van der Waals surface area contributed by atoms with Crippen LogP contribution in [0.15, 0.2) is 30.0 Å². The van der Waals surface area contributed by atoms with Crippen LogP contribution in [0.5, 0.6) is 0 Å². The van der Waals surface area contributed by atoms with E-state index in [1.165, 1.54) is 0 Å². The van der Waals surface area contributed by atoms with Gasteiger partial charge in [0.15, 0.2) is 5.78 Å². The minimum Gasteiger partial charge on any atom is -0.358 e. The number of aryl methyl sites for hydroxylation is 1. The molecule has 3 nitrogen and oxygen atoms in total. The quantitative estimate of drug-likeness (QED) is 0.878. The minimum absolute atomic E-state index is 0.0222. The van der Waals surface area contributed by atoms with Gasteiger partial charge in [0.05, 0.1) is 11.3 Å². The number of carbonyl (C=O) groups is 1. The van der Waals surface area contributed by atoms with Crippen LogP contribution < -0.4 is 5.32 Å². The fourth-order valence-corrected chi connectivity index (χ4v) is 2.46. The summed E-state index contributed by atoms with van der Waals surface area (Å²) in [5.74, 6) is 0.143. The van der Waals surface area contributed by atoms with Crippen LogP contribution in [-0.4, -0.2) is 5.78 Å². The van der Waals surface area contributed by atoms with Crippen molar-refractivity contribution >= 4 is 11.5 Å². The van der Waals surface area contributed by atoms with E-state index in [2.05, 4.69) is 25.2 Å². The fraction of sp³-hybridized carbons (Fsp3) is 0.375. The average molecular weight is 254 g/mol. The first kappa shape index (κ1) is 13.4. The second-order valence-corrected chi connectivity index (χ2v) is 5.94. The van der Waals surface area contributed by atoms with Crippen molar-refractivity contribution in [3.05, 3.63) is 41.1 Å². The van der Waals surface area contributed by atoms with E-state index in [1.54, 1.807) is 6.08 Å². The lowest BCUT2D eigenvalue weighted by Crippen LogP contribution is -2.24. The third kappa shape index (κ3) is 3.23. The first-order valence-corrected chi connectivity index (χ1v) is 6.41. The molecule has 0 heterocycles. The zero-order valence-electron chi connectivity index (χ0n) is 11.6. The summed E-state index contributed by atoms with van der Waals surface area (Å²) < 4.78 is 0. The molecule has 0 fully saturated rings. The number of allylic oxidation sites excluding steroid dienone is 2. The Balaban J connectivity index is 2.27. The molecular formula is C16H18N2O. The number of anilines is 1. The molecule has 3 heteroatoms. The topological polar surface area (TPSA) is 52.9 Å². The number of rotatable bonds is 2. The molecule has 0 saturated carbocycles. The maximum Gasteiger partial charge on any atom is 0.157 e. The molecule has 2 rings (SSSR count). The van der Waals surface area contributed by atoms with Crippen LogP contribution in [-0.2, 0) is 4.79 Å². The molecule has 0 amide bonds. The van der Waals surface area contributed by atoms with E-state index in [1.807, 2.05) is 25.1 Å². The average Bonchev–Trinajstić information content (AvgIpc) is 2.28. The van der Waals surface area contributed by atoms with Crippen LogP contribution in [0.25, 0.3) is 0 Å². The van der Waals surface area contributed by atoms with E-state index < -0.39 is 0 Å². The van der Waals surface area contributed by atoms with E-state index in [-0.39, 0.29) is 11.2 Å². The Morgan fingerprint density at radius 3 is 2.68 bits per heavy atom. The van der Waals surface area contributed by atoms with Crippen molar-refractivity contribution in [1.82, 2.24) is 0 Å². The Morgan fingerprint density at radius 1 is 1.32 bits per heavy atom. The Bertz CT molecular complexity index is 591. The number of nitrogens with zero attached hydrogens (tertiary/aromatic N) is 1. The number of nitrogens with one attached hydrogen (secondary N) is 1. The van der Waals surface area contributed by atoms with Gasteiger partial charge in [0.25, 0.3) is 0 Å². The molecule has 0 spiro atoms. The van der Waals surface area contributed by atoms with Gasteiger partial charge in [0, 0.05) is 18.2 Å². The lowest BCUT2D eigenvalue weighted by molar-refractivity contribution is -0.117. The van der Waals surface area contributed by atoms with Gasteiger partial charge in [0.2, 0.25) is 0 Å². The number of ketones is 1. The molecule has 1 aromatic rings. The maximum atomic E-state index is 11.7. The smallest absolute Gasteiger partial charge is 0.157 e. The van der Waals surface area contributed by atoms with Gasteiger partial charge in [-0.25, -0.2) is 0 Å². The SMILES string of the molecule is Cc1ccc(NC2=CC(=O)CC(C)(C)C2)c(C#N)c1. The van der Waals surface area contributed by atoms with E-state index in [4.69, 9.17) is 5.26 Å². The molecule has 0 atom stereocenters. The van der Waals surface area contributed by atoms with Gasteiger partial charge in [-0.2, -0.15) is 5.26 Å². The van der Waals surface area contributed by atoms with Crippen molar-refractivity contribution in [3.63, 3.8) is 0 Å². The molecule has 1 N–H and O–H groups in total. The van der Waals surface area contributed by atoms with Crippen LogP contribution >= 0.6 is 0 Å². The summed E-state index contributed by atoms with van der Waals surface area (Å²) in [5, 5.41) is 12.4.